The van der Waals surface area contributed by atoms with Gasteiger partial charge < -0.3 is 14.9 Å². The number of phenols is 1. The van der Waals surface area contributed by atoms with Gasteiger partial charge in [-0.05, 0) is 89.8 Å². The zero-order valence-corrected chi connectivity index (χ0v) is 17.1. The van der Waals surface area contributed by atoms with Crippen LogP contribution in [0.1, 0.15) is 77.3 Å². The lowest BCUT2D eigenvalue weighted by Crippen LogP contribution is -2.23. The molecule has 0 amide bonds. The number of aromatic hydroxyl groups is 1. The van der Waals surface area contributed by atoms with E-state index in [9.17, 15) is 14.7 Å². The van der Waals surface area contributed by atoms with Crippen LogP contribution in [0, 0.1) is 5.41 Å². The van der Waals surface area contributed by atoms with Crippen LogP contribution in [0.3, 0.4) is 0 Å². The molecule has 0 saturated carbocycles. The van der Waals surface area contributed by atoms with Crippen molar-refractivity contribution in [3.8, 4) is 5.75 Å². The first-order valence-electron chi connectivity index (χ1n) is 9.73. The summed E-state index contributed by atoms with van der Waals surface area (Å²) in [4.78, 5) is 21.6. The number of unbranched alkanes of at least 4 members (excludes halogenated alkanes) is 2. The van der Waals surface area contributed by atoms with E-state index in [1.165, 1.54) is 0 Å². The molecule has 27 heavy (non-hydrogen) atoms. The fourth-order valence-corrected chi connectivity index (χ4v) is 3.03. The maximum Gasteiger partial charge on any atom is 0.309 e. The van der Waals surface area contributed by atoms with Crippen LogP contribution in [0.25, 0.3) is 0 Å². The summed E-state index contributed by atoms with van der Waals surface area (Å²) < 4.78 is 5.04. The highest BCUT2D eigenvalue weighted by Crippen LogP contribution is 2.26. The van der Waals surface area contributed by atoms with Gasteiger partial charge in [0, 0.05) is 0 Å². The van der Waals surface area contributed by atoms with Crippen LogP contribution in [-0.2, 0) is 27.2 Å². The number of aliphatic carboxylic acids is 1. The Morgan fingerprint density at radius 1 is 1.04 bits per heavy atom. The van der Waals surface area contributed by atoms with Gasteiger partial charge in [-0.2, -0.15) is 0 Å². The molecule has 0 heterocycles. The molecule has 0 radical (unpaired) electrons. The molecule has 0 unspecified atom stereocenters. The number of ether oxygens (including phenoxy) is 1. The van der Waals surface area contributed by atoms with E-state index in [4.69, 9.17) is 9.84 Å². The molecule has 152 valence electrons. The number of rotatable bonds is 13. The Balaban J connectivity index is 2.39. The van der Waals surface area contributed by atoms with Gasteiger partial charge in [-0.25, -0.2) is 0 Å². The highest BCUT2D eigenvalue weighted by atomic mass is 16.5. The number of carbonyl (C=O) groups is 2. The highest BCUT2D eigenvalue weighted by molar-refractivity contribution is 5.73. The second-order valence-corrected chi connectivity index (χ2v) is 8.54. The summed E-state index contributed by atoms with van der Waals surface area (Å²) in [5.74, 6) is -0.438. The normalized spacial score (nSPS) is 12.0. The Hall–Kier alpha value is -2.04. The zero-order chi connectivity index (χ0) is 20.5. The Kier molecular flexibility index (Phi) is 8.80. The van der Waals surface area contributed by atoms with Gasteiger partial charge in [0.25, 0.3) is 6.47 Å². The molecule has 0 spiro atoms. The van der Waals surface area contributed by atoms with Crippen molar-refractivity contribution in [1.29, 1.82) is 0 Å². The van der Waals surface area contributed by atoms with Crippen LogP contribution in [0.5, 0.6) is 5.75 Å². The third-order valence-electron chi connectivity index (χ3n) is 5.09. The molecule has 0 bridgehead atoms. The zero-order valence-electron chi connectivity index (χ0n) is 17.1. The van der Waals surface area contributed by atoms with E-state index in [1.54, 1.807) is 13.8 Å². The smallest absolute Gasteiger partial charge is 0.309 e. The van der Waals surface area contributed by atoms with Crippen LogP contribution >= 0.6 is 0 Å². The molecule has 0 atom stereocenters. The van der Waals surface area contributed by atoms with E-state index >= 15 is 0 Å². The van der Waals surface area contributed by atoms with Crippen molar-refractivity contribution in [3.63, 3.8) is 0 Å². The Morgan fingerprint density at radius 3 is 2.26 bits per heavy atom. The van der Waals surface area contributed by atoms with Crippen molar-refractivity contribution in [1.82, 2.24) is 0 Å². The predicted molar refractivity (Wildman–Crippen MR) is 106 cm³/mol. The van der Waals surface area contributed by atoms with E-state index in [2.05, 4.69) is 0 Å². The van der Waals surface area contributed by atoms with Crippen LogP contribution in [0.4, 0.5) is 0 Å². The summed E-state index contributed by atoms with van der Waals surface area (Å²) in [6, 6.07) is 5.83. The number of carboxylic acids is 1. The molecule has 0 aromatic heterocycles. The molecule has 0 aliphatic rings. The summed E-state index contributed by atoms with van der Waals surface area (Å²) in [6.45, 7) is 7.79. The van der Waals surface area contributed by atoms with Gasteiger partial charge in [0.1, 0.15) is 11.4 Å². The third-order valence-corrected chi connectivity index (χ3v) is 5.09. The predicted octanol–water partition coefficient (Wildman–Crippen LogP) is 4.88. The fraction of sp³-hybridized carbons (Fsp3) is 0.636. The first-order chi connectivity index (χ1) is 12.6. The average molecular weight is 379 g/mol. The number of carbonyl (C=O) groups excluding carboxylic acids is 1. The molecule has 1 aromatic rings. The van der Waals surface area contributed by atoms with Crippen LogP contribution < -0.4 is 0 Å². The lowest BCUT2D eigenvalue weighted by atomic mass is 9.87. The minimum absolute atomic E-state index is 0.321. The summed E-state index contributed by atoms with van der Waals surface area (Å²) in [5.41, 5.74) is 0.880. The van der Waals surface area contributed by atoms with Crippen molar-refractivity contribution >= 4 is 12.4 Å². The van der Waals surface area contributed by atoms with Gasteiger partial charge in [0.05, 0.1) is 5.41 Å². The largest absolute Gasteiger partial charge is 0.508 e. The van der Waals surface area contributed by atoms with Gasteiger partial charge in [-0.3, -0.25) is 9.59 Å². The molecule has 5 heteroatoms. The van der Waals surface area contributed by atoms with E-state index in [0.717, 1.165) is 56.1 Å². The summed E-state index contributed by atoms with van der Waals surface area (Å²) in [7, 11) is 0. The molecular formula is C22H34O5. The van der Waals surface area contributed by atoms with Crippen molar-refractivity contribution < 1.29 is 24.5 Å². The quantitative estimate of drug-likeness (QED) is 0.377. The second kappa shape index (κ2) is 10.3. The highest BCUT2D eigenvalue weighted by Gasteiger charge is 2.26. The Morgan fingerprint density at radius 2 is 1.67 bits per heavy atom. The third kappa shape index (κ3) is 8.46. The van der Waals surface area contributed by atoms with Gasteiger partial charge in [-0.1, -0.05) is 18.6 Å². The molecule has 1 rings (SSSR count). The fourth-order valence-electron chi connectivity index (χ4n) is 3.03. The topological polar surface area (TPSA) is 83.8 Å². The minimum Gasteiger partial charge on any atom is -0.508 e. The molecule has 0 aliphatic heterocycles. The minimum atomic E-state index is -0.759. The van der Waals surface area contributed by atoms with Gasteiger partial charge in [0.15, 0.2) is 0 Å². The molecule has 1 aromatic carbocycles. The van der Waals surface area contributed by atoms with Crippen molar-refractivity contribution in [3.05, 3.63) is 29.3 Å². The lowest BCUT2D eigenvalue weighted by Gasteiger charge is -2.22. The van der Waals surface area contributed by atoms with Crippen LogP contribution in [0.15, 0.2) is 18.2 Å². The number of benzene rings is 1. The number of aryl methyl sites for hydroxylation is 2. The monoisotopic (exact) mass is 378 g/mol. The van der Waals surface area contributed by atoms with E-state index in [0.29, 0.717) is 18.6 Å². The number of carboxylic acid groups (broad SMARTS) is 1. The van der Waals surface area contributed by atoms with E-state index in [-0.39, 0.29) is 0 Å². The first-order valence-corrected chi connectivity index (χ1v) is 9.73. The second-order valence-electron chi connectivity index (χ2n) is 8.54. The number of phenolic OH excluding ortho intramolecular Hbond substituents is 1. The summed E-state index contributed by atoms with van der Waals surface area (Å²) >= 11 is 0. The van der Waals surface area contributed by atoms with E-state index < -0.39 is 17.0 Å². The van der Waals surface area contributed by atoms with Crippen molar-refractivity contribution in [2.45, 2.75) is 84.7 Å². The molecule has 5 nitrogen and oxygen atoms in total. The average Bonchev–Trinajstić information content (AvgIpc) is 2.57. The lowest BCUT2D eigenvalue weighted by molar-refractivity contribution is -0.147. The van der Waals surface area contributed by atoms with Crippen LogP contribution in [-0.4, -0.2) is 28.3 Å². The first kappa shape index (κ1) is 23.0. The molecule has 0 aliphatic carbocycles. The number of hydrogen-bond donors (Lipinski definition) is 2. The molecule has 0 saturated heterocycles. The SMILES string of the molecule is CC(C)(CCCCc1ccc(CCCCC(C)(C)C(=O)O)cc1O)OC=O. The van der Waals surface area contributed by atoms with Gasteiger partial charge in [0.2, 0.25) is 0 Å². The maximum atomic E-state index is 11.1. The Labute approximate surface area is 162 Å². The summed E-state index contributed by atoms with van der Waals surface area (Å²) in [5, 5.41) is 19.4. The van der Waals surface area contributed by atoms with Gasteiger partial charge in [-0.15, -0.1) is 0 Å². The molecule has 0 fully saturated rings. The van der Waals surface area contributed by atoms with Gasteiger partial charge >= 0.3 is 5.97 Å². The summed E-state index contributed by atoms with van der Waals surface area (Å²) in [6.07, 6.45) is 6.65. The molecular weight excluding hydrogens is 344 g/mol. The molecule has 2 N–H and O–H groups in total. The van der Waals surface area contributed by atoms with Crippen molar-refractivity contribution in [2.24, 2.45) is 5.41 Å². The maximum absolute atomic E-state index is 11.1. The van der Waals surface area contributed by atoms with Crippen LogP contribution in [0.2, 0.25) is 0 Å². The number of hydrogen-bond acceptors (Lipinski definition) is 4. The standard InChI is InChI=1S/C22H34O5/c1-21(2,20(25)26)13-7-5-9-17-11-12-18(19(24)15-17)10-6-8-14-22(3,4)27-16-23/h11-12,15-16,24H,5-10,13-14H2,1-4H3,(H,25,26). The Bertz CT molecular complexity index is 619. The van der Waals surface area contributed by atoms with E-state index in [1.807, 2.05) is 32.0 Å². The van der Waals surface area contributed by atoms with Crippen molar-refractivity contribution in [2.75, 3.05) is 0 Å².